The monoisotopic (exact) mass is 418 g/mol. The van der Waals surface area contributed by atoms with Crippen LogP contribution in [-0.2, 0) is 9.53 Å². The number of hydrogen-bond acceptors (Lipinski definition) is 5. The molecule has 1 aromatic heterocycles. The van der Waals surface area contributed by atoms with Crippen LogP contribution < -0.4 is 19.7 Å². The number of carbonyl (C=O) groups is 2. The van der Waals surface area contributed by atoms with E-state index in [1.165, 1.54) is 24.2 Å². The Kier molecular flexibility index (Phi) is 7.20. The summed E-state index contributed by atoms with van der Waals surface area (Å²) >= 11 is 0. The van der Waals surface area contributed by atoms with E-state index >= 15 is 0 Å². The minimum atomic E-state index is -0.519. The first kappa shape index (κ1) is 22.0. The van der Waals surface area contributed by atoms with Gasteiger partial charge < -0.3 is 29.4 Å². The predicted molar refractivity (Wildman–Crippen MR) is 115 cm³/mol. The van der Waals surface area contributed by atoms with Crippen LogP contribution in [0.5, 0.6) is 11.5 Å². The van der Waals surface area contributed by atoms with Gasteiger partial charge in [-0.05, 0) is 38.7 Å². The summed E-state index contributed by atoms with van der Waals surface area (Å²) in [6.07, 6.45) is 6.02. The molecule has 8 nitrogen and oxygen atoms in total. The van der Waals surface area contributed by atoms with Gasteiger partial charge in [0.05, 0.1) is 45.1 Å². The molecule has 1 amide bonds. The van der Waals surface area contributed by atoms with Crippen molar-refractivity contribution in [1.29, 1.82) is 0 Å². The molecule has 8 heteroatoms. The molecule has 164 valence electrons. The molecule has 0 saturated heterocycles. The van der Waals surface area contributed by atoms with E-state index in [0.29, 0.717) is 40.7 Å². The van der Waals surface area contributed by atoms with Gasteiger partial charge in [-0.2, -0.15) is 0 Å². The zero-order chi connectivity index (χ0) is 21.7. The van der Waals surface area contributed by atoms with Crippen molar-refractivity contribution in [2.24, 2.45) is 0 Å². The van der Waals surface area contributed by atoms with Crippen LogP contribution in [0.2, 0.25) is 0 Å². The van der Waals surface area contributed by atoms with E-state index in [-0.39, 0.29) is 18.2 Å². The van der Waals surface area contributed by atoms with Crippen molar-refractivity contribution in [1.82, 2.24) is 4.98 Å². The van der Waals surface area contributed by atoms with Gasteiger partial charge in [-0.15, -0.1) is 0 Å². The minimum absolute atomic E-state index is 0.140. The molecule has 3 rings (SSSR count). The standard InChI is InChI=1S/C22H31N3O5/c1-5-30-22(27)21-20(15-11-17(28-3)18(29-4)12-16(15)23-21)24-19(26)13-25(2)14-9-7-6-8-10-14/h11-12,14,23H,5-10,13H2,1-4H3,(H,24,26)/p+1. The first-order valence-electron chi connectivity index (χ1n) is 10.5. The summed E-state index contributed by atoms with van der Waals surface area (Å²) in [4.78, 5) is 29.6. The van der Waals surface area contributed by atoms with E-state index in [0.717, 1.165) is 12.8 Å². The minimum Gasteiger partial charge on any atom is -0.493 e. The summed E-state index contributed by atoms with van der Waals surface area (Å²) in [5.41, 5.74) is 1.27. The fraction of sp³-hybridized carbons (Fsp3) is 0.545. The topological polar surface area (TPSA) is 94.1 Å². The van der Waals surface area contributed by atoms with Crippen molar-refractivity contribution in [3.05, 3.63) is 17.8 Å². The number of rotatable bonds is 8. The Labute approximate surface area is 176 Å². The van der Waals surface area contributed by atoms with Crippen molar-refractivity contribution < 1.29 is 28.7 Å². The predicted octanol–water partition coefficient (Wildman–Crippen LogP) is 2.15. The second-order valence-corrected chi connectivity index (χ2v) is 7.75. The van der Waals surface area contributed by atoms with E-state index in [1.54, 1.807) is 33.3 Å². The highest BCUT2D eigenvalue weighted by Gasteiger charge is 2.26. The van der Waals surface area contributed by atoms with E-state index < -0.39 is 5.97 Å². The lowest BCUT2D eigenvalue weighted by Gasteiger charge is -2.27. The van der Waals surface area contributed by atoms with Crippen molar-refractivity contribution in [3.8, 4) is 11.5 Å². The Morgan fingerprint density at radius 1 is 1.13 bits per heavy atom. The SMILES string of the molecule is CCOC(=O)c1[nH]c2cc(OC)c(OC)cc2c1NC(=O)C[NH+](C)C1CCCCC1. The van der Waals surface area contributed by atoms with E-state index in [9.17, 15) is 9.59 Å². The number of quaternary nitrogens is 1. The van der Waals surface area contributed by atoms with E-state index in [2.05, 4.69) is 17.3 Å². The molecule has 0 aliphatic heterocycles. The molecule has 0 spiro atoms. The Balaban J connectivity index is 1.90. The van der Waals surface area contributed by atoms with Gasteiger partial charge in [0.1, 0.15) is 5.69 Å². The Hall–Kier alpha value is -2.74. The molecule has 1 aliphatic rings. The fourth-order valence-electron chi connectivity index (χ4n) is 4.18. The maximum atomic E-state index is 12.9. The number of anilines is 1. The molecule has 1 saturated carbocycles. The smallest absolute Gasteiger partial charge is 0.356 e. The Bertz CT molecular complexity index is 902. The van der Waals surface area contributed by atoms with Crippen molar-refractivity contribution >= 4 is 28.5 Å². The van der Waals surface area contributed by atoms with Crippen LogP contribution in [0.4, 0.5) is 5.69 Å². The van der Waals surface area contributed by atoms with Crippen LogP contribution in [0.25, 0.3) is 10.9 Å². The average molecular weight is 419 g/mol. The third-order valence-electron chi connectivity index (χ3n) is 5.79. The molecular formula is C22H32N3O5+. The van der Waals surface area contributed by atoms with Crippen molar-refractivity contribution in [3.63, 3.8) is 0 Å². The largest absolute Gasteiger partial charge is 0.493 e. The normalized spacial score (nSPS) is 15.6. The van der Waals surface area contributed by atoms with Gasteiger partial charge in [-0.25, -0.2) is 4.79 Å². The summed E-state index contributed by atoms with van der Waals surface area (Å²) < 4.78 is 15.9. The Morgan fingerprint density at radius 3 is 2.43 bits per heavy atom. The number of methoxy groups -OCH3 is 2. The number of esters is 1. The highest BCUT2D eigenvalue weighted by Crippen LogP contribution is 2.37. The first-order valence-corrected chi connectivity index (χ1v) is 10.5. The van der Waals surface area contributed by atoms with Gasteiger partial charge in [0.2, 0.25) is 0 Å². The fourth-order valence-corrected chi connectivity index (χ4v) is 4.18. The van der Waals surface area contributed by atoms with Crippen LogP contribution in [0, 0.1) is 0 Å². The van der Waals surface area contributed by atoms with Gasteiger partial charge in [-0.3, -0.25) is 4.79 Å². The average Bonchev–Trinajstić information content (AvgIpc) is 3.10. The van der Waals surface area contributed by atoms with E-state index in [4.69, 9.17) is 14.2 Å². The molecule has 1 heterocycles. The molecule has 30 heavy (non-hydrogen) atoms. The number of carbonyl (C=O) groups excluding carboxylic acids is 2. The number of aromatic nitrogens is 1. The quantitative estimate of drug-likeness (QED) is 0.571. The number of fused-ring (bicyclic) bond motifs is 1. The van der Waals surface area contributed by atoms with E-state index in [1.807, 2.05) is 0 Å². The van der Waals surface area contributed by atoms with Crippen LogP contribution >= 0.6 is 0 Å². The number of hydrogen-bond donors (Lipinski definition) is 3. The number of H-pyrrole nitrogens is 1. The zero-order valence-corrected chi connectivity index (χ0v) is 18.2. The lowest BCUT2D eigenvalue weighted by Crippen LogP contribution is -3.14. The summed E-state index contributed by atoms with van der Waals surface area (Å²) in [5, 5.41) is 3.61. The van der Waals surface area contributed by atoms with Gasteiger partial charge in [0, 0.05) is 11.5 Å². The second-order valence-electron chi connectivity index (χ2n) is 7.75. The van der Waals surface area contributed by atoms with Crippen molar-refractivity contribution in [2.75, 3.05) is 39.7 Å². The van der Waals surface area contributed by atoms with Gasteiger partial charge >= 0.3 is 5.97 Å². The summed E-state index contributed by atoms with van der Waals surface area (Å²) in [6, 6.07) is 3.99. The first-order chi connectivity index (χ1) is 14.5. The maximum Gasteiger partial charge on any atom is 0.356 e. The summed E-state index contributed by atoms with van der Waals surface area (Å²) in [5.74, 6) is 0.384. The lowest BCUT2D eigenvalue weighted by molar-refractivity contribution is -0.899. The molecule has 0 bridgehead atoms. The molecule has 1 aromatic carbocycles. The summed E-state index contributed by atoms with van der Waals surface area (Å²) in [6.45, 7) is 2.32. The molecule has 1 aliphatic carbocycles. The lowest BCUT2D eigenvalue weighted by atomic mass is 9.94. The zero-order valence-electron chi connectivity index (χ0n) is 18.2. The third kappa shape index (κ3) is 4.70. The second kappa shape index (κ2) is 9.84. The van der Waals surface area contributed by atoms with Crippen molar-refractivity contribution in [2.45, 2.75) is 45.1 Å². The molecule has 0 radical (unpaired) electrons. The summed E-state index contributed by atoms with van der Waals surface area (Å²) in [7, 11) is 5.15. The molecular weight excluding hydrogens is 386 g/mol. The third-order valence-corrected chi connectivity index (χ3v) is 5.79. The number of nitrogens with one attached hydrogen (secondary N) is 3. The highest BCUT2D eigenvalue weighted by molar-refractivity contribution is 6.11. The van der Waals surface area contributed by atoms with Crippen LogP contribution in [0.15, 0.2) is 12.1 Å². The van der Waals surface area contributed by atoms with Crippen LogP contribution in [-0.4, -0.2) is 57.3 Å². The molecule has 1 unspecified atom stereocenters. The Morgan fingerprint density at radius 2 is 1.80 bits per heavy atom. The number of aromatic amines is 1. The number of likely N-dealkylation sites (N-methyl/N-ethyl adjacent to an activating group) is 1. The number of amides is 1. The highest BCUT2D eigenvalue weighted by atomic mass is 16.5. The molecule has 2 aromatic rings. The maximum absolute atomic E-state index is 12.9. The van der Waals surface area contributed by atoms with Gasteiger partial charge in [-0.1, -0.05) is 6.42 Å². The van der Waals surface area contributed by atoms with Crippen LogP contribution in [0.3, 0.4) is 0 Å². The molecule has 1 fully saturated rings. The van der Waals surface area contributed by atoms with Gasteiger partial charge in [0.25, 0.3) is 5.91 Å². The molecule has 1 atom stereocenters. The number of ether oxygens (including phenoxy) is 3. The van der Waals surface area contributed by atoms with Crippen LogP contribution in [0.1, 0.15) is 49.5 Å². The van der Waals surface area contributed by atoms with Gasteiger partial charge in [0.15, 0.2) is 18.0 Å². The molecule has 3 N–H and O–H groups in total. The number of benzene rings is 1.